The highest BCUT2D eigenvalue weighted by molar-refractivity contribution is 6.32. The number of amides is 1. The monoisotopic (exact) mass is 402 g/mol. The predicted octanol–water partition coefficient (Wildman–Crippen LogP) is 4.08. The Morgan fingerprint density at radius 2 is 1.57 bits per heavy atom. The molecule has 1 amide bonds. The molecule has 0 aromatic heterocycles. The Labute approximate surface area is 171 Å². The minimum Gasteiger partial charge on any atom is -0.497 e. The van der Waals surface area contributed by atoms with Crippen molar-refractivity contribution in [3.05, 3.63) is 52.5 Å². The zero-order valence-electron chi connectivity index (χ0n) is 16.9. The summed E-state index contributed by atoms with van der Waals surface area (Å²) >= 11 is 6.21. The van der Waals surface area contributed by atoms with Crippen LogP contribution in [0, 0.1) is 13.8 Å². The van der Waals surface area contributed by atoms with Gasteiger partial charge in [-0.2, -0.15) is 0 Å². The standard InChI is InChI=1S/C22H27ClN2O3/c1-15-13-20(14-16(2)21(15)23)28-17(3)22(26)25-11-9-24(10-12-25)18-5-7-19(27-4)8-6-18/h5-8,13-14,17H,9-12H2,1-4H3. The van der Waals surface area contributed by atoms with E-state index >= 15 is 0 Å². The van der Waals surface area contributed by atoms with E-state index < -0.39 is 6.10 Å². The van der Waals surface area contributed by atoms with Crippen LogP contribution in [-0.2, 0) is 4.79 Å². The molecule has 0 aliphatic carbocycles. The molecule has 0 N–H and O–H groups in total. The van der Waals surface area contributed by atoms with Crippen molar-refractivity contribution in [1.29, 1.82) is 0 Å². The smallest absolute Gasteiger partial charge is 0.263 e. The van der Waals surface area contributed by atoms with Gasteiger partial charge in [-0.15, -0.1) is 0 Å². The summed E-state index contributed by atoms with van der Waals surface area (Å²) < 4.78 is 11.1. The summed E-state index contributed by atoms with van der Waals surface area (Å²) in [7, 11) is 1.66. The van der Waals surface area contributed by atoms with Gasteiger partial charge in [0.05, 0.1) is 7.11 Å². The fraction of sp³-hybridized carbons (Fsp3) is 0.409. The molecule has 1 aliphatic heterocycles. The van der Waals surface area contributed by atoms with E-state index in [0.717, 1.165) is 40.7 Å². The zero-order valence-corrected chi connectivity index (χ0v) is 17.6. The molecule has 0 saturated carbocycles. The molecule has 2 aromatic carbocycles. The van der Waals surface area contributed by atoms with Crippen molar-refractivity contribution >= 4 is 23.2 Å². The Morgan fingerprint density at radius 3 is 2.11 bits per heavy atom. The topological polar surface area (TPSA) is 42.0 Å². The van der Waals surface area contributed by atoms with E-state index in [4.69, 9.17) is 21.1 Å². The van der Waals surface area contributed by atoms with Gasteiger partial charge in [-0.1, -0.05) is 11.6 Å². The van der Waals surface area contributed by atoms with Crippen LogP contribution >= 0.6 is 11.6 Å². The van der Waals surface area contributed by atoms with Crippen LogP contribution < -0.4 is 14.4 Å². The van der Waals surface area contributed by atoms with Gasteiger partial charge < -0.3 is 19.3 Å². The highest BCUT2D eigenvalue weighted by Crippen LogP contribution is 2.27. The third kappa shape index (κ3) is 4.53. The van der Waals surface area contributed by atoms with E-state index in [0.29, 0.717) is 18.8 Å². The lowest BCUT2D eigenvalue weighted by molar-refractivity contribution is -0.138. The molecule has 0 spiro atoms. The second-order valence-electron chi connectivity index (χ2n) is 7.14. The Balaban J connectivity index is 1.56. The fourth-order valence-electron chi connectivity index (χ4n) is 3.46. The lowest BCUT2D eigenvalue weighted by Crippen LogP contribution is -2.52. The lowest BCUT2D eigenvalue weighted by Gasteiger charge is -2.37. The first-order valence-corrected chi connectivity index (χ1v) is 9.88. The van der Waals surface area contributed by atoms with Crippen LogP contribution in [0.25, 0.3) is 0 Å². The molecule has 28 heavy (non-hydrogen) atoms. The van der Waals surface area contributed by atoms with Gasteiger partial charge in [0, 0.05) is 36.9 Å². The number of anilines is 1. The van der Waals surface area contributed by atoms with Crippen molar-refractivity contribution in [3.8, 4) is 11.5 Å². The molecule has 5 nitrogen and oxygen atoms in total. The fourth-order valence-corrected chi connectivity index (χ4v) is 3.57. The van der Waals surface area contributed by atoms with Crippen LogP contribution in [0.4, 0.5) is 5.69 Å². The van der Waals surface area contributed by atoms with Gasteiger partial charge in [-0.25, -0.2) is 0 Å². The summed E-state index contributed by atoms with van der Waals surface area (Å²) in [6.45, 7) is 8.62. The summed E-state index contributed by atoms with van der Waals surface area (Å²) in [5, 5.41) is 0.737. The molecule has 1 heterocycles. The van der Waals surface area contributed by atoms with E-state index in [-0.39, 0.29) is 5.91 Å². The van der Waals surface area contributed by atoms with Crippen LogP contribution in [0.3, 0.4) is 0 Å². The molecule has 0 radical (unpaired) electrons. The maximum Gasteiger partial charge on any atom is 0.263 e. The van der Waals surface area contributed by atoms with Crippen LogP contribution in [0.15, 0.2) is 36.4 Å². The highest BCUT2D eigenvalue weighted by atomic mass is 35.5. The molecule has 1 fully saturated rings. The minimum atomic E-state index is -0.535. The average molecular weight is 403 g/mol. The Morgan fingerprint density at radius 1 is 1.00 bits per heavy atom. The van der Waals surface area contributed by atoms with Crippen molar-refractivity contribution in [3.63, 3.8) is 0 Å². The van der Waals surface area contributed by atoms with Gasteiger partial charge in [0.15, 0.2) is 6.10 Å². The zero-order chi connectivity index (χ0) is 20.3. The number of nitrogens with zero attached hydrogens (tertiary/aromatic N) is 2. The molecule has 1 unspecified atom stereocenters. The van der Waals surface area contributed by atoms with Crippen LogP contribution in [0.2, 0.25) is 5.02 Å². The summed E-state index contributed by atoms with van der Waals surface area (Å²) in [6.07, 6.45) is -0.535. The summed E-state index contributed by atoms with van der Waals surface area (Å²) in [5.41, 5.74) is 3.04. The Hall–Kier alpha value is -2.40. The first-order valence-electron chi connectivity index (χ1n) is 9.50. The first kappa shape index (κ1) is 20.3. The number of halogens is 1. The maximum atomic E-state index is 12.8. The molecule has 1 saturated heterocycles. The van der Waals surface area contributed by atoms with Crippen molar-refractivity contribution in [1.82, 2.24) is 4.90 Å². The molecule has 6 heteroatoms. The number of carbonyl (C=O) groups is 1. The van der Waals surface area contributed by atoms with Crippen molar-refractivity contribution in [2.75, 3.05) is 38.2 Å². The second-order valence-corrected chi connectivity index (χ2v) is 7.52. The number of carbonyl (C=O) groups excluding carboxylic acids is 1. The second kappa shape index (κ2) is 8.74. The van der Waals surface area contributed by atoms with Gasteiger partial charge in [0.25, 0.3) is 5.91 Å². The molecule has 0 bridgehead atoms. The van der Waals surface area contributed by atoms with Gasteiger partial charge in [-0.3, -0.25) is 4.79 Å². The number of aryl methyl sites for hydroxylation is 2. The van der Waals surface area contributed by atoms with E-state index in [1.54, 1.807) is 14.0 Å². The SMILES string of the molecule is COc1ccc(N2CCN(C(=O)C(C)Oc3cc(C)c(Cl)c(C)c3)CC2)cc1. The molecular formula is C22H27ClN2O3. The van der Waals surface area contributed by atoms with E-state index in [1.807, 2.05) is 55.1 Å². The van der Waals surface area contributed by atoms with Crippen molar-refractivity contribution < 1.29 is 14.3 Å². The van der Waals surface area contributed by atoms with E-state index in [2.05, 4.69) is 4.90 Å². The third-order valence-corrected chi connectivity index (χ3v) is 5.70. The molecule has 1 aliphatic rings. The number of hydrogen-bond donors (Lipinski definition) is 0. The number of hydrogen-bond acceptors (Lipinski definition) is 4. The number of benzene rings is 2. The van der Waals surface area contributed by atoms with Crippen LogP contribution in [0.1, 0.15) is 18.1 Å². The number of piperazine rings is 1. The number of methoxy groups -OCH3 is 1. The van der Waals surface area contributed by atoms with E-state index in [1.165, 1.54) is 0 Å². The summed E-state index contributed by atoms with van der Waals surface area (Å²) in [5.74, 6) is 1.54. The maximum absolute atomic E-state index is 12.8. The normalized spacial score (nSPS) is 15.3. The highest BCUT2D eigenvalue weighted by Gasteiger charge is 2.26. The van der Waals surface area contributed by atoms with Crippen molar-refractivity contribution in [2.45, 2.75) is 26.9 Å². The minimum absolute atomic E-state index is 0.0136. The van der Waals surface area contributed by atoms with Gasteiger partial charge >= 0.3 is 0 Å². The summed E-state index contributed by atoms with van der Waals surface area (Å²) in [4.78, 5) is 17.0. The molecule has 2 aromatic rings. The van der Waals surface area contributed by atoms with Gasteiger partial charge in [0.2, 0.25) is 0 Å². The number of ether oxygens (including phenoxy) is 2. The largest absolute Gasteiger partial charge is 0.497 e. The predicted molar refractivity (Wildman–Crippen MR) is 113 cm³/mol. The third-order valence-electron chi connectivity index (χ3n) is 5.10. The van der Waals surface area contributed by atoms with Crippen LogP contribution in [-0.4, -0.2) is 50.2 Å². The molecule has 1 atom stereocenters. The molecule has 3 rings (SSSR count). The van der Waals surface area contributed by atoms with Crippen molar-refractivity contribution in [2.24, 2.45) is 0 Å². The lowest BCUT2D eigenvalue weighted by atomic mass is 10.1. The first-order chi connectivity index (χ1) is 13.4. The quantitative estimate of drug-likeness (QED) is 0.755. The molecular weight excluding hydrogens is 376 g/mol. The average Bonchev–Trinajstić information content (AvgIpc) is 2.71. The van der Waals surface area contributed by atoms with E-state index in [9.17, 15) is 4.79 Å². The summed E-state index contributed by atoms with van der Waals surface area (Å²) in [6, 6.07) is 11.8. The number of rotatable bonds is 5. The Bertz CT molecular complexity index is 807. The molecule has 150 valence electrons. The van der Waals surface area contributed by atoms with Gasteiger partial charge in [-0.05, 0) is 68.3 Å². The van der Waals surface area contributed by atoms with Crippen LogP contribution in [0.5, 0.6) is 11.5 Å². The Kier molecular flexibility index (Phi) is 6.35. The van der Waals surface area contributed by atoms with Gasteiger partial charge in [0.1, 0.15) is 11.5 Å².